The van der Waals surface area contributed by atoms with Crippen LogP contribution in [0, 0.1) is 10.1 Å². The van der Waals surface area contributed by atoms with Crippen LogP contribution in [0.3, 0.4) is 0 Å². The van der Waals surface area contributed by atoms with Gasteiger partial charge in [0.05, 0.1) is 16.4 Å². The number of anilines is 1. The van der Waals surface area contributed by atoms with E-state index in [1.165, 1.54) is 17.0 Å². The van der Waals surface area contributed by atoms with Crippen molar-refractivity contribution in [3.63, 3.8) is 0 Å². The maximum Gasteiger partial charge on any atom is 0.271 e. The fourth-order valence-electron chi connectivity index (χ4n) is 2.34. The number of fused-ring (bicyclic) bond motifs is 1. The third-order valence-electron chi connectivity index (χ3n) is 3.39. The lowest BCUT2D eigenvalue weighted by Crippen LogP contribution is -2.36. The predicted octanol–water partition coefficient (Wildman–Crippen LogP) is 1.31. The largest absolute Gasteiger partial charge is 0.312 e. The monoisotopic (exact) mass is 312 g/mol. The second kappa shape index (κ2) is 5.80. The molecule has 0 radical (unpaired) electrons. The van der Waals surface area contributed by atoms with E-state index in [0.29, 0.717) is 12.2 Å². The van der Waals surface area contributed by atoms with Crippen LogP contribution in [0.5, 0.6) is 0 Å². The molecule has 114 valence electrons. The Labute approximate surface area is 122 Å². The smallest absolute Gasteiger partial charge is 0.271 e. The molecule has 8 heteroatoms. The zero-order chi connectivity index (χ0) is 15.6. The van der Waals surface area contributed by atoms with E-state index in [-0.39, 0.29) is 23.8 Å². The van der Waals surface area contributed by atoms with E-state index in [9.17, 15) is 23.3 Å². The summed E-state index contributed by atoms with van der Waals surface area (Å²) in [5, 5.41) is 10.8. The topological polar surface area (TPSA) is 97.6 Å². The third kappa shape index (κ3) is 3.78. The standard InChI is InChI=1S/C13H16N2O5S/c1-21(19,20)8-6-13(16)14-7-2-3-10-4-5-11(15(17)18)9-12(10)14/h4-5,9H,2-3,6-8H2,1H3. The first-order chi connectivity index (χ1) is 9.78. The fourth-order valence-corrected chi connectivity index (χ4v) is 2.89. The average molecular weight is 312 g/mol. The Hall–Kier alpha value is -1.96. The molecule has 0 unspecified atom stereocenters. The second-order valence-corrected chi connectivity index (χ2v) is 7.36. The van der Waals surface area contributed by atoms with E-state index in [0.717, 1.165) is 24.7 Å². The molecule has 0 aromatic heterocycles. The Balaban J connectivity index is 2.26. The van der Waals surface area contributed by atoms with Gasteiger partial charge in [-0.05, 0) is 18.4 Å². The highest BCUT2D eigenvalue weighted by Gasteiger charge is 2.25. The molecule has 2 rings (SSSR count). The number of carbonyl (C=O) groups is 1. The molecule has 0 saturated heterocycles. The molecule has 1 aliphatic rings. The van der Waals surface area contributed by atoms with Crippen LogP contribution >= 0.6 is 0 Å². The number of non-ortho nitro benzene ring substituents is 1. The van der Waals surface area contributed by atoms with Crippen LogP contribution in [-0.4, -0.2) is 37.8 Å². The van der Waals surface area contributed by atoms with Gasteiger partial charge < -0.3 is 4.90 Å². The quantitative estimate of drug-likeness (QED) is 0.616. The Morgan fingerprint density at radius 3 is 2.76 bits per heavy atom. The van der Waals surface area contributed by atoms with Gasteiger partial charge in [-0.15, -0.1) is 0 Å². The first kappa shape index (κ1) is 15.4. The van der Waals surface area contributed by atoms with Crippen LogP contribution in [0.1, 0.15) is 18.4 Å². The molecule has 21 heavy (non-hydrogen) atoms. The van der Waals surface area contributed by atoms with Gasteiger partial charge in [0, 0.05) is 31.4 Å². The predicted molar refractivity (Wildman–Crippen MR) is 78.1 cm³/mol. The highest BCUT2D eigenvalue weighted by molar-refractivity contribution is 7.90. The molecule has 0 aliphatic carbocycles. The van der Waals surface area contributed by atoms with Gasteiger partial charge in [0.1, 0.15) is 9.84 Å². The first-order valence-corrected chi connectivity index (χ1v) is 8.59. The SMILES string of the molecule is CS(=O)(=O)CCC(=O)N1CCCc2ccc([N+](=O)[O-])cc21. The molecule has 0 spiro atoms. The van der Waals surface area contributed by atoms with Crippen molar-refractivity contribution in [1.29, 1.82) is 0 Å². The highest BCUT2D eigenvalue weighted by Crippen LogP contribution is 2.31. The van der Waals surface area contributed by atoms with Crippen LogP contribution < -0.4 is 4.90 Å². The molecule has 1 aliphatic heterocycles. The minimum Gasteiger partial charge on any atom is -0.312 e. The molecule has 1 amide bonds. The summed E-state index contributed by atoms with van der Waals surface area (Å²) in [6.07, 6.45) is 2.48. The van der Waals surface area contributed by atoms with Gasteiger partial charge >= 0.3 is 0 Å². The normalized spacial score (nSPS) is 14.6. The van der Waals surface area contributed by atoms with Crippen molar-refractivity contribution in [3.8, 4) is 0 Å². The fraction of sp³-hybridized carbons (Fsp3) is 0.462. The van der Waals surface area contributed by atoms with Gasteiger partial charge in [0.2, 0.25) is 5.91 Å². The van der Waals surface area contributed by atoms with Crippen molar-refractivity contribution in [2.75, 3.05) is 23.5 Å². The number of carbonyl (C=O) groups excluding carboxylic acids is 1. The van der Waals surface area contributed by atoms with E-state index in [1.807, 2.05) is 0 Å². The summed E-state index contributed by atoms with van der Waals surface area (Å²) in [5.74, 6) is -0.533. The second-order valence-electron chi connectivity index (χ2n) is 5.10. The van der Waals surface area contributed by atoms with E-state index in [1.54, 1.807) is 6.07 Å². The highest BCUT2D eigenvalue weighted by atomic mass is 32.2. The molecular formula is C13H16N2O5S. The van der Waals surface area contributed by atoms with Crippen LogP contribution in [0.15, 0.2) is 18.2 Å². The molecule has 1 aromatic rings. The number of amides is 1. The number of nitro groups is 1. The molecule has 1 heterocycles. The summed E-state index contributed by atoms with van der Waals surface area (Å²) >= 11 is 0. The number of nitrogens with zero attached hydrogens (tertiary/aromatic N) is 2. The minimum absolute atomic E-state index is 0.0726. The summed E-state index contributed by atoms with van der Waals surface area (Å²) in [6.45, 7) is 0.455. The maximum atomic E-state index is 12.2. The van der Waals surface area contributed by atoms with E-state index >= 15 is 0 Å². The summed E-state index contributed by atoms with van der Waals surface area (Å²) in [7, 11) is -3.21. The van der Waals surface area contributed by atoms with E-state index in [2.05, 4.69) is 0 Å². The van der Waals surface area contributed by atoms with Crippen molar-refractivity contribution in [3.05, 3.63) is 33.9 Å². The molecule has 0 atom stereocenters. The van der Waals surface area contributed by atoms with Gasteiger partial charge in [-0.3, -0.25) is 14.9 Å². The van der Waals surface area contributed by atoms with Gasteiger partial charge in [-0.2, -0.15) is 0 Å². The van der Waals surface area contributed by atoms with E-state index < -0.39 is 14.8 Å². The lowest BCUT2D eigenvalue weighted by molar-refractivity contribution is -0.384. The molecule has 0 bridgehead atoms. The molecule has 0 fully saturated rings. The number of aryl methyl sites for hydroxylation is 1. The third-order valence-corrected chi connectivity index (χ3v) is 4.33. The average Bonchev–Trinajstić information content (AvgIpc) is 2.42. The summed E-state index contributed by atoms with van der Waals surface area (Å²) < 4.78 is 22.3. The van der Waals surface area contributed by atoms with Gasteiger partial charge in [0.15, 0.2) is 0 Å². The maximum absolute atomic E-state index is 12.2. The lowest BCUT2D eigenvalue weighted by Gasteiger charge is -2.29. The van der Waals surface area contributed by atoms with Crippen LogP contribution in [0.2, 0.25) is 0 Å². The van der Waals surface area contributed by atoms with Crippen molar-refractivity contribution in [2.24, 2.45) is 0 Å². The number of nitro benzene ring substituents is 1. The summed E-state index contributed by atoms with van der Waals surface area (Å²) in [5.41, 5.74) is 1.32. The number of hydrogen-bond acceptors (Lipinski definition) is 5. The van der Waals surface area contributed by atoms with E-state index in [4.69, 9.17) is 0 Å². The lowest BCUT2D eigenvalue weighted by atomic mass is 10.0. The Bertz CT molecular complexity index is 684. The number of sulfone groups is 1. The molecule has 1 aromatic carbocycles. The first-order valence-electron chi connectivity index (χ1n) is 6.53. The molecule has 0 saturated carbocycles. The Kier molecular flexibility index (Phi) is 4.26. The number of rotatable bonds is 4. The minimum atomic E-state index is -3.21. The zero-order valence-corrected chi connectivity index (χ0v) is 12.4. The van der Waals surface area contributed by atoms with Gasteiger partial charge in [0.25, 0.3) is 5.69 Å². The molecule has 0 N–H and O–H groups in total. The molecular weight excluding hydrogens is 296 g/mol. The number of hydrogen-bond donors (Lipinski definition) is 0. The number of benzene rings is 1. The summed E-state index contributed by atoms with van der Waals surface area (Å²) in [6, 6.07) is 4.46. The summed E-state index contributed by atoms with van der Waals surface area (Å²) in [4.78, 5) is 24.0. The Morgan fingerprint density at radius 1 is 1.43 bits per heavy atom. The van der Waals surface area contributed by atoms with Crippen molar-refractivity contribution in [2.45, 2.75) is 19.3 Å². The van der Waals surface area contributed by atoms with Crippen LogP contribution in [0.4, 0.5) is 11.4 Å². The van der Waals surface area contributed by atoms with Crippen LogP contribution in [0.25, 0.3) is 0 Å². The van der Waals surface area contributed by atoms with Crippen molar-refractivity contribution >= 4 is 27.1 Å². The van der Waals surface area contributed by atoms with Crippen LogP contribution in [-0.2, 0) is 21.1 Å². The van der Waals surface area contributed by atoms with Gasteiger partial charge in [-0.25, -0.2) is 8.42 Å². The van der Waals surface area contributed by atoms with Gasteiger partial charge in [-0.1, -0.05) is 6.07 Å². The molecule has 7 nitrogen and oxygen atoms in total. The Morgan fingerprint density at radius 2 is 2.14 bits per heavy atom. The van der Waals surface area contributed by atoms with Crippen molar-refractivity contribution in [1.82, 2.24) is 0 Å². The zero-order valence-electron chi connectivity index (χ0n) is 11.6. The van der Waals surface area contributed by atoms with Crippen molar-refractivity contribution < 1.29 is 18.1 Å².